The number of anilines is 2. The fourth-order valence-corrected chi connectivity index (χ4v) is 3.92. The molecule has 150 valence electrons. The van der Waals surface area contributed by atoms with Gasteiger partial charge in [-0.25, -0.2) is 19.7 Å². The van der Waals surface area contributed by atoms with Crippen LogP contribution in [0.5, 0.6) is 0 Å². The minimum atomic E-state index is -0.909. The fraction of sp³-hybridized carbons (Fsp3) is 0.130. The van der Waals surface area contributed by atoms with Crippen LogP contribution in [-0.4, -0.2) is 26.0 Å². The summed E-state index contributed by atoms with van der Waals surface area (Å²) in [5.41, 5.74) is 3.28. The second-order valence-corrected chi connectivity index (χ2v) is 7.99. The number of carboxylic acid groups (broad SMARTS) is 1. The van der Waals surface area contributed by atoms with Gasteiger partial charge in [0.2, 0.25) is 0 Å². The number of carboxylic acids is 1. The Hall–Kier alpha value is -3.58. The fourth-order valence-electron chi connectivity index (χ4n) is 3.03. The summed E-state index contributed by atoms with van der Waals surface area (Å²) in [6, 6.07) is 16.8. The van der Waals surface area contributed by atoms with E-state index in [0.717, 1.165) is 51.2 Å². The van der Waals surface area contributed by atoms with Crippen molar-refractivity contribution in [3.63, 3.8) is 0 Å². The van der Waals surface area contributed by atoms with Crippen LogP contribution in [0.15, 0.2) is 67.0 Å². The monoisotopic (exact) mass is 416 g/mol. The van der Waals surface area contributed by atoms with Crippen LogP contribution >= 0.6 is 11.3 Å². The molecule has 0 saturated carbocycles. The molecule has 4 aromatic rings. The first-order valence-electron chi connectivity index (χ1n) is 9.51. The van der Waals surface area contributed by atoms with Crippen molar-refractivity contribution in [2.75, 3.05) is 5.32 Å². The van der Waals surface area contributed by atoms with Gasteiger partial charge in [-0.3, -0.25) is 0 Å². The van der Waals surface area contributed by atoms with Gasteiger partial charge in [-0.15, -0.1) is 11.3 Å². The Balaban J connectivity index is 1.45. The molecular weight excluding hydrogens is 396 g/mol. The molecule has 7 heteroatoms. The van der Waals surface area contributed by atoms with Gasteiger partial charge in [0.15, 0.2) is 0 Å². The molecule has 0 amide bonds. The summed E-state index contributed by atoms with van der Waals surface area (Å²) in [4.78, 5) is 25.6. The minimum Gasteiger partial charge on any atom is -0.478 e. The Labute approximate surface area is 178 Å². The van der Waals surface area contributed by atoms with Gasteiger partial charge in [0, 0.05) is 18.8 Å². The van der Waals surface area contributed by atoms with Crippen LogP contribution in [0, 0.1) is 6.92 Å². The predicted octanol–water partition coefficient (Wildman–Crippen LogP) is 5.14. The van der Waals surface area contributed by atoms with Crippen molar-refractivity contribution in [1.82, 2.24) is 15.0 Å². The molecule has 30 heavy (non-hydrogen) atoms. The number of rotatable bonds is 7. The molecule has 0 fully saturated rings. The molecular formula is C23H20N4O2S. The average molecular weight is 417 g/mol. The van der Waals surface area contributed by atoms with E-state index in [0.29, 0.717) is 5.56 Å². The van der Waals surface area contributed by atoms with Crippen molar-refractivity contribution in [2.24, 2.45) is 0 Å². The number of aryl methyl sites for hydroxylation is 3. The van der Waals surface area contributed by atoms with E-state index in [-0.39, 0.29) is 0 Å². The maximum absolute atomic E-state index is 11.1. The summed E-state index contributed by atoms with van der Waals surface area (Å²) in [6.45, 7) is 2.02. The molecule has 0 saturated heterocycles. The smallest absolute Gasteiger partial charge is 0.335 e. The Kier molecular flexibility index (Phi) is 5.81. The second-order valence-electron chi connectivity index (χ2n) is 6.88. The zero-order valence-corrected chi connectivity index (χ0v) is 17.2. The minimum absolute atomic E-state index is 0.309. The van der Waals surface area contributed by atoms with E-state index in [1.165, 1.54) is 0 Å². The molecule has 0 radical (unpaired) electrons. The van der Waals surface area contributed by atoms with Gasteiger partial charge in [-0.1, -0.05) is 18.2 Å². The van der Waals surface area contributed by atoms with E-state index >= 15 is 0 Å². The number of benzene rings is 1. The predicted molar refractivity (Wildman–Crippen MR) is 118 cm³/mol. The van der Waals surface area contributed by atoms with Crippen LogP contribution in [0.1, 0.15) is 26.5 Å². The lowest BCUT2D eigenvalue weighted by Gasteiger charge is -2.06. The summed E-state index contributed by atoms with van der Waals surface area (Å²) < 4.78 is 0. The van der Waals surface area contributed by atoms with Crippen LogP contribution in [0.4, 0.5) is 11.6 Å². The van der Waals surface area contributed by atoms with Gasteiger partial charge in [0.05, 0.1) is 21.1 Å². The van der Waals surface area contributed by atoms with Gasteiger partial charge in [-0.2, -0.15) is 0 Å². The van der Waals surface area contributed by atoms with E-state index in [9.17, 15) is 4.79 Å². The summed E-state index contributed by atoms with van der Waals surface area (Å²) in [5.74, 6) is 0.577. The van der Waals surface area contributed by atoms with Crippen molar-refractivity contribution in [2.45, 2.75) is 19.8 Å². The van der Waals surface area contributed by atoms with Crippen LogP contribution in [0.25, 0.3) is 10.6 Å². The number of pyridine rings is 2. The molecule has 4 rings (SSSR count). The molecule has 2 N–H and O–H groups in total. The van der Waals surface area contributed by atoms with Gasteiger partial charge < -0.3 is 10.4 Å². The second kappa shape index (κ2) is 8.84. The lowest BCUT2D eigenvalue weighted by atomic mass is 10.1. The molecule has 3 heterocycles. The van der Waals surface area contributed by atoms with E-state index in [1.807, 2.05) is 49.5 Å². The van der Waals surface area contributed by atoms with Gasteiger partial charge in [-0.05, 0) is 60.9 Å². The van der Waals surface area contributed by atoms with Crippen molar-refractivity contribution in [3.8, 4) is 10.6 Å². The van der Waals surface area contributed by atoms with E-state index in [2.05, 4.69) is 20.3 Å². The largest absolute Gasteiger partial charge is 0.478 e. The molecule has 0 aliphatic heterocycles. The lowest BCUT2D eigenvalue weighted by Crippen LogP contribution is -1.98. The van der Waals surface area contributed by atoms with Crippen molar-refractivity contribution in [3.05, 3.63) is 88.7 Å². The van der Waals surface area contributed by atoms with E-state index < -0.39 is 5.97 Å². The first kappa shape index (κ1) is 19.7. The molecule has 0 aliphatic carbocycles. The van der Waals surface area contributed by atoms with Crippen molar-refractivity contribution < 1.29 is 9.90 Å². The average Bonchev–Trinajstić information content (AvgIpc) is 3.22. The number of nitrogens with one attached hydrogen (secondary N) is 1. The van der Waals surface area contributed by atoms with Gasteiger partial charge in [0.25, 0.3) is 0 Å². The molecule has 6 nitrogen and oxygen atoms in total. The number of nitrogens with zero attached hydrogens (tertiary/aromatic N) is 3. The number of aromatic carboxylic acids is 1. The first-order chi connectivity index (χ1) is 14.6. The molecule has 0 bridgehead atoms. The third kappa shape index (κ3) is 4.87. The number of carbonyl (C=O) groups is 1. The number of thiazole rings is 1. The maximum Gasteiger partial charge on any atom is 0.335 e. The number of hydrogen-bond acceptors (Lipinski definition) is 6. The highest BCUT2D eigenvalue weighted by molar-refractivity contribution is 7.15. The highest BCUT2D eigenvalue weighted by Crippen LogP contribution is 2.27. The first-order valence-corrected chi connectivity index (χ1v) is 10.3. The van der Waals surface area contributed by atoms with Crippen molar-refractivity contribution in [1.29, 1.82) is 0 Å². The summed E-state index contributed by atoms with van der Waals surface area (Å²) in [7, 11) is 0. The molecule has 0 spiro atoms. The summed E-state index contributed by atoms with van der Waals surface area (Å²) >= 11 is 1.60. The van der Waals surface area contributed by atoms with Gasteiger partial charge >= 0.3 is 5.97 Å². The third-order valence-corrected chi connectivity index (χ3v) is 5.61. The topological polar surface area (TPSA) is 88.0 Å². The Bertz CT molecular complexity index is 1190. The highest BCUT2D eigenvalue weighted by atomic mass is 32.1. The van der Waals surface area contributed by atoms with Gasteiger partial charge in [0.1, 0.15) is 11.6 Å². The van der Waals surface area contributed by atoms with E-state index in [4.69, 9.17) is 5.11 Å². The van der Waals surface area contributed by atoms with E-state index in [1.54, 1.807) is 35.7 Å². The molecule has 0 unspecified atom stereocenters. The maximum atomic E-state index is 11.1. The molecule has 3 aromatic heterocycles. The van der Waals surface area contributed by atoms with Crippen LogP contribution in [-0.2, 0) is 12.8 Å². The molecule has 0 atom stereocenters. The van der Waals surface area contributed by atoms with Crippen LogP contribution in [0.3, 0.4) is 0 Å². The standard InChI is InChI=1S/C23H20N4O2S/c1-15-10-11-24-21(12-15)27-20-7-3-6-18(26-20)19-14-25-22(30-19)9-8-16-4-2-5-17(13-16)23(28)29/h2-7,10-14H,8-9H2,1H3,(H,28,29)(H,24,26,27). The number of aromatic nitrogens is 3. The Morgan fingerprint density at radius 2 is 1.90 bits per heavy atom. The Morgan fingerprint density at radius 1 is 1.03 bits per heavy atom. The zero-order chi connectivity index (χ0) is 20.9. The lowest BCUT2D eigenvalue weighted by molar-refractivity contribution is 0.0696. The summed E-state index contributed by atoms with van der Waals surface area (Å²) in [5, 5.41) is 13.4. The molecule has 1 aromatic carbocycles. The molecule has 0 aliphatic rings. The normalized spacial score (nSPS) is 10.7. The summed E-state index contributed by atoms with van der Waals surface area (Å²) in [6.07, 6.45) is 5.09. The zero-order valence-electron chi connectivity index (χ0n) is 16.4. The highest BCUT2D eigenvalue weighted by Gasteiger charge is 2.09. The SMILES string of the molecule is Cc1ccnc(Nc2cccc(-c3cnc(CCc4cccc(C(=O)O)c4)s3)n2)c1. The van der Waals surface area contributed by atoms with Crippen LogP contribution < -0.4 is 5.32 Å². The Morgan fingerprint density at radius 3 is 2.73 bits per heavy atom. The number of hydrogen-bond donors (Lipinski definition) is 2. The van der Waals surface area contributed by atoms with Crippen molar-refractivity contribution >= 4 is 28.9 Å². The van der Waals surface area contributed by atoms with Crippen LogP contribution in [0.2, 0.25) is 0 Å². The third-order valence-electron chi connectivity index (χ3n) is 4.53. The quantitative estimate of drug-likeness (QED) is 0.434.